The van der Waals surface area contributed by atoms with E-state index < -0.39 is 0 Å². The summed E-state index contributed by atoms with van der Waals surface area (Å²) in [5.41, 5.74) is 5.37. The largest absolute Gasteiger partial charge is 0.368 e. The molecule has 2 heterocycles. The molecule has 0 amide bonds. The Bertz CT molecular complexity index is 390. The van der Waals surface area contributed by atoms with Gasteiger partial charge in [0, 0.05) is 0 Å². The van der Waals surface area contributed by atoms with Gasteiger partial charge in [0.05, 0.1) is 6.04 Å². The maximum Gasteiger partial charge on any atom is 0.244 e. The van der Waals surface area contributed by atoms with Crippen molar-refractivity contribution in [3.05, 3.63) is 12.2 Å². The topological polar surface area (TPSA) is 121 Å². The smallest absolute Gasteiger partial charge is 0.244 e. The highest BCUT2D eigenvalue weighted by Crippen LogP contribution is 2.11. The molecule has 74 valence electrons. The fraction of sp³-hybridized carbons (Fsp3) is 0.333. The third-order valence-electron chi connectivity index (χ3n) is 1.69. The number of nitrogens with one attached hydrogen (secondary N) is 3. The van der Waals surface area contributed by atoms with E-state index in [9.17, 15) is 0 Å². The van der Waals surface area contributed by atoms with Gasteiger partial charge in [0.25, 0.3) is 0 Å². The van der Waals surface area contributed by atoms with Crippen LogP contribution in [-0.2, 0) is 0 Å². The lowest BCUT2D eigenvalue weighted by Crippen LogP contribution is -2.09. The van der Waals surface area contributed by atoms with Crippen LogP contribution in [0.2, 0.25) is 0 Å². The van der Waals surface area contributed by atoms with Gasteiger partial charge >= 0.3 is 0 Å². The third kappa shape index (κ3) is 1.63. The number of hydrogen-bond donors (Lipinski definition) is 4. The summed E-state index contributed by atoms with van der Waals surface area (Å²) in [6, 6.07) is -0.0484. The molecule has 0 spiro atoms. The number of aromatic amines is 2. The Hall–Kier alpha value is -2.12. The van der Waals surface area contributed by atoms with Crippen molar-refractivity contribution >= 4 is 11.9 Å². The first-order chi connectivity index (χ1) is 6.75. The number of nitrogen functional groups attached to an aromatic ring is 1. The Morgan fingerprint density at radius 1 is 1.50 bits per heavy atom. The van der Waals surface area contributed by atoms with Crippen LogP contribution in [0.5, 0.6) is 0 Å². The predicted octanol–water partition coefficient (Wildman–Crippen LogP) is -0.322. The molecule has 0 aliphatic rings. The van der Waals surface area contributed by atoms with Crippen LogP contribution in [0.25, 0.3) is 0 Å². The van der Waals surface area contributed by atoms with Crippen molar-refractivity contribution in [2.24, 2.45) is 0 Å². The normalized spacial score (nSPS) is 12.6. The predicted molar refractivity (Wildman–Crippen MR) is 49.2 cm³/mol. The van der Waals surface area contributed by atoms with Crippen LogP contribution in [0.15, 0.2) is 6.33 Å². The van der Waals surface area contributed by atoms with Crippen LogP contribution in [0.4, 0.5) is 11.9 Å². The highest BCUT2D eigenvalue weighted by molar-refractivity contribution is 5.31. The SMILES string of the molecule is CC(Nc1n[nH]c(N)n1)c1ncn[nH]1. The Kier molecular flexibility index (Phi) is 2.01. The average Bonchev–Trinajstić information content (AvgIpc) is 2.75. The summed E-state index contributed by atoms with van der Waals surface area (Å²) in [5.74, 6) is 1.43. The lowest BCUT2D eigenvalue weighted by atomic mass is 10.3. The number of nitrogens with zero attached hydrogens (tertiary/aromatic N) is 4. The van der Waals surface area contributed by atoms with Crippen LogP contribution in [0, 0.1) is 0 Å². The number of H-pyrrole nitrogens is 2. The molecule has 2 rings (SSSR count). The highest BCUT2D eigenvalue weighted by atomic mass is 15.3. The number of anilines is 2. The lowest BCUT2D eigenvalue weighted by molar-refractivity contribution is 0.784. The van der Waals surface area contributed by atoms with E-state index in [1.807, 2.05) is 6.92 Å². The molecule has 0 aliphatic heterocycles. The van der Waals surface area contributed by atoms with Crippen LogP contribution < -0.4 is 11.1 Å². The molecule has 0 aliphatic carbocycles. The molecular weight excluding hydrogens is 184 g/mol. The Morgan fingerprint density at radius 3 is 2.93 bits per heavy atom. The number of hydrogen-bond acceptors (Lipinski definition) is 6. The van der Waals surface area contributed by atoms with Crippen molar-refractivity contribution in [2.75, 3.05) is 11.1 Å². The van der Waals surface area contributed by atoms with E-state index in [0.717, 1.165) is 0 Å². The highest BCUT2D eigenvalue weighted by Gasteiger charge is 2.10. The van der Waals surface area contributed by atoms with Crippen molar-refractivity contribution in [2.45, 2.75) is 13.0 Å². The number of rotatable bonds is 3. The average molecular weight is 194 g/mol. The van der Waals surface area contributed by atoms with Gasteiger partial charge in [0.2, 0.25) is 11.9 Å². The molecule has 0 fully saturated rings. The number of aromatic nitrogens is 6. The summed E-state index contributed by atoms with van der Waals surface area (Å²) in [7, 11) is 0. The molecule has 0 aromatic carbocycles. The molecular formula is C6H10N8. The molecule has 2 aromatic heterocycles. The van der Waals surface area contributed by atoms with Gasteiger partial charge in [-0.05, 0) is 6.92 Å². The first kappa shape index (κ1) is 8.48. The molecule has 0 bridgehead atoms. The van der Waals surface area contributed by atoms with Gasteiger partial charge < -0.3 is 11.1 Å². The first-order valence-corrected chi connectivity index (χ1v) is 4.05. The van der Waals surface area contributed by atoms with Gasteiger partial charge in [0.15, 0.2) is 0 Å². The summed E-state index contributed by atoms with van der Waals surface area (Å²) < 4.78 is 0. The lowest BCUT2D eigenvalue weighted by Gasteiger charge is -2.07. The summed E-state index contributed by atoms with van der Waals surface area (Å²) in [6.07, 6.45) is 1.44. The van der Waals surface area contributed by atoms with E-state index in [2.05, 4.69) is 35.7 Å². The van der Waals surface area contributed by atoms with Gasteiger partial charge in [-0.3, -0.25) is 5.10 Å². The minimum Gasteiger partial charge on any atom is -0.368 e. The molecule has 1 unspecified atom stereocenters. The second-order valence-corrected chi connectivity index (χ2v) is 2.78. The zero-order valence-electron chi connectivity index (χ0n) is 7.52. The second kappa shape index (κ2) is 3.32. The summed E-state index contributed by atoms with van der Waals surface area (Å²) in [6.45, 7) is 1.91. The van der Waals surface area contributed by atoms with Crippen LogP contribution in [0.3, 0.4) is 0 Å². The standard InChI is InChI=1S/C6H10N8/c1-3(4-8-2-9-12-4)10-6-11-5(7)13-14-6/h2-3H,1H3,(H,8,9,12)(H4,7,10,11,13,14). The van der Waals surface area contributed by atoms with Crippen molar-refractivity contribution in [1.82, 2.24) is 30.4 Å². The van der Waals surface area contributed by atoms with E-state index in [1.54, 1.807) is 0 Å². The molecule has 8 nitrogen and oxygen atoms in total. The molecule has 2 aromatic rings. The van der Waals surface area contributed by atoms with Crippen molar-refractivity contribution < 1.29 is 0 Å². The zero-order chi connectivity index (χ0) is 9.97. The maximum absolute atomic E-state index is 5.37. The van der Waals surface area contributed by atoms with Gasteiger partial charge in [-0.25, -0.2) is 10.1 Å². The molecule has 8 heteroatoms. The molecule has 0 saturated heterocycles. The molecule has 1 atom stereocenters. The maximum atomic E-state index is 5.37. The van der Waals surface area contributed by atoms with Gasteiger partial charge in [-0.15, -0.1) is 5.10 Å². The monoisotopic (exact) mass is 194 g/mol. The Labute approximate surface area is 79.3 Å². The van der Waals surface area contributed by atoms with Crippen molar-refractivity contribution in [1.29, 1.82) is 0 Å². The van der Waals surface area contributed by atoms with Gasteiger partial charge in [0.1, 0.15) is 12.2 Å². The second-order valence-electron chi connectivity index (χ2n) is 2.78. The van der Waals surface area contributed by atoms with Gasteiger partial charge in [-0.1, -0.05) is 0 Å². The van der Waals surface area contributed by atoms with E-state index >= 15 is 0 Å². The molecule has 0 saturated carbocycles. The third-order valence-corrected chi connectivity index (χ3v) is 1.69. The Morgan fingerprint density at radius 2 is 2.36 bits per heavy atom. The molecule has 14 heavy (non-hydrogen) atoms. The quantitative estimate of drug-likeness (QED) is 0.531. The summed E-state index contributed by atoms with van der Waals surface area (Å²) in [5, 5.41) is 15.8. The van der Waals surface area contributed by atoms with E-state index in [0.29, 0.717) is 11.8 Å². The van der Waals surface area contributed by atoms with E-state index in [-0.39, 0.29) is 12.0 Å². The summed E-state index contributed by atoms with van der Waals surface area (Å²) >= 11 is 0. The van der Waals surface area contributed by atoms with Crippen molar-refractivity contribution in [3.63, 3.8) is 0 Å². The van der Waals surface area contributed by atoms with Crippen molar-refractivity contribution in [3.8, 4) is 0 Å². The van der Waals surface area contributed by atoms with Gasteiger partial charge in [-0.2, -0.15) is 10.1 Å². The fourth-order valence-corrected chi connectivity index (χ4v) is 1.02. The van der Waals surface area contributed by atoms with E-state index in [1.165, 1.54) is 6.33 Å². The molecule has 5 N–H and O–H groups in total. The van der Waals surface area contributed by atoms with E-state index in [4.69, 9.17) is 5.73 Å². The van der Waals surface area contributed by atoms with Crippen LogP contribution in [0.1, 0.15) is 18.8 Å². The minimum absolute atomic E-state index is 0.0484. The minimum atomic E-state index is -0.0484. The number of nitrogens with two attached hydrogens (primary N) is 1. The first-order valence-electron chi connectivity index (χ1n) is 4.05. The zero-order valence-corrected chi connectivity index (χ0v) is 7.52. The molecule has 0 radical (unpaired) electrons. The Balaban J connectivity index is 2.05. The van der Waals surface area contributed by atoms with Crippen LogP contribution in [-0.4, -0.2) is 30.4 Å². The summed E-state index contributed by atoms with van der Waals surface area (Å²) in [4.78, 5) is 7.89. The van der Waals surface area contributed by atoms with Crippen LogP contribution >= 0.6 is 0 Å². The fourth-order valence-electron chi connectivity index (χ4n) is 1.02.